The predicted octanol–water partition coefficient (Wildman–Crippen LogP) is 2.66. The third-order valence-corrected chi connectivity index (χ3v) is 5.40. The molecule has 1 aromatic carbocycles. The Morgan fingerprint density at radius 1 is 1.22 bits per heavy atom. The summed E-state index contributed by atoms with van der Waals surface area (Å²) in [5, 5.41) is 5.94. The van der Waals surface area contributed by atoms with Crippen LogP contribution in [0.15, 0.2) is 24.3 Å². The molecule has 3 unspecified atom stereocenters. The summed E-state index contributed by atoms with van der Waals surface area (Å²) in [4.78, 5) is 38.7. The Morgan fingerprint density at radius 2 is 1.96 bits per heavy atom. The highest BCUT2D eigenvalue weighted by atomic mass is 16.2. The van der Waals surface area contributed by atoms with Gasteiger partial charge in [-0.25, -0.2) is 0 Å². The molecule has 3 amide bonds. The molecule has 1 saturated carbocycles. The largest absolute Gasteiger partial charge is 0.351 e. The fourth-order valence-corrected chi connectivity index (χ4v) is 3.48. The first-order chi connectivity index (χ1) is 12.8. The van der Waals surface area contributed by atoms with Gasteiger partial charge in [0, 0.05) is 42.2 Å². The van der Waals surface area contributed by atoms with E-state index in [1.165, 1.54) is 0 Å². The number of amides is 3. The smallest absolute Gasteiger partial charge is 0.253 e. The van der Waals surface area contributed by atoms with Crippen LogP contribution in [0.4, 0.5) is 5.69 Å². The van der Waals surface area contributed by atoms with Crippen molar-refractivity contribution in [3.05, 3.63) is 29.8 Å². The molecule has 1 aromatic rings. The fourth-order valence-electron chi connectivity index (χ4n) is 3.48. The van der Waals surface area contributed by atoms with Crippen LogP contribution in [-0.2, 0) is 9.59 Å². The van der Waals surface area contributed by atoms with Gasteiger partial charge in [0.05, 0.1) is 0 Å². The number of hydrogen-bond donors (Lipinski definition) is 2. The lowest BCUT2D eigenvalue weighted by atomic mass is 10.0. The van der Waals surface area contributed by atoms with Crippen molar-refractivity contribution in [3.63, 3.8) is 0 Å². The van der Waals surface area contributed by atoms with E-state index < -0.39 is 0 Å². The number of hydrogen-bond acceptors (Lipinski definition) is 3. The van der Waals surface area contributed by atoms with Gasteiger partial charge in [0.15, 0.2) is 0 Å². The minimum Gasteiger partial charge on any atom is -0.351 e. The van der Waals surface area contributed by atoms with E-state index in [-0.39, 0.29) is 35.6 Å². The molecule has 2 aliphatic rings. The van der Waals surface area contributed by atoms with Crippen molar-refractivity contribution < 1.29 is 14.4 Å². The van der Waals surface area contributed by atoms with Gasteiger partial charge in [0.2, 0.25) is 11.8 Å². The fraction of sp³-hybridized carbons (Fsp3) is 0.571. The minimum absolute atomic E-state index is 0.00293. The first kappa shape index (κ1) is 19.4. The number of likely N-dealkylation sites (tertiary alicyclic amines) is 1. The Labute approximate surface area is 160 Å². The van der Waals surface area contributed by atoms with Gasteiger partial charge in [-0.15, -0.1) is 0 Å². The average molecular weight is 371 g/mol. The van der Waals surface area contributed by atoms with Crippen molar-refractivity contribution in [2.75, 3.05) is 18.4 Å². The molecule has 27 heavy (non-hydrogen) atoms. The first-order valence-corrected chi connectivity index (χ1v) is 9.85. The Morgan fingerprint density at radius 3 is 2.63 bits per heavy atom. The van der Waals surface area contributed by atoms with E-state index >= 15 is 0 Å². The molecule has 0 radical (unpaired) electrons. The molecule has 0 bridgehead atoms. The molecular weight excluding hydrogens is 342 g/mol. The lowest BCUT2D eigenvalue weighted by Gasteiger charge is -2.33. The molecule has 0 aromatic heterocycles. The molecule has 1 heterocycles. The summed E-state index contributed by atoms with van der Waals surface area (Å²) < 4.78 is 0. The minimum atomic E-state index is -0.0643. The van der Waals surface area contributed by atoms with Gasteiger partial charge in [-0.3, -0.25) is 14.4 Å². The summed E-state index contributed by atoms with van der Waals surface area (Å²) in [6.45, 7) is 7.00. The number of nitrogens with zero attached hydrogens (tertiary/aromatic N) is 1. The Bertz CT molecular complexity index is 731. The number of benzene rings is 1. The number of carbonyl (C=O) groups is 3. The quantitative estimate of drug-likeness (QED) is 0.835. The lowest BCUT2D eigenvalue weighted by Crippen LogP contribution is -2.50. The number of nitrogens with one attached hydrogen (secondary N) is 2. The molecule has 3 atom stereocenters. The van der Waals surface area contributed by atoms with E-state index in [0.29, 0.717) is 30.3 Å². The maximum atomic E-state index is 12.9. The second-order valence-electron chi connectivity index (χ2n) is 8.14. The summed E-state index contributed by atoms with van der Waals surface area (Å²) in [7, 11) is 0. The van der Waals surface area contributed by atoms with E-state index in [1.807, 2.05) is 19.9 Å². The van der Waals surface area contributed by atoms with Crippen LogP contribution in [0.3, 0.4) is 0 Å². The Hall–Kier alpha value is -2.37. The highest BCUT2D eigenvalue weighted by molar-refractivity contribution is 5.98. The number of anilines is 1. The zero-order valence-corrected chi connectivity index (χ0v) is 16.3. The molecule has 3 rings (SSSR count). The molecule has 2 N–H and O–H groups in total. The number of carbonyl (C=O) groups excluding carboxylic acids is 3. The van der Waals surface area contributed by atoms with E-state index in [4.69, 9.17) is 0 Å². The molecule has 2 fully saturated rings. The molecule has 1 aliphatic heterocycles. The molecular formula is C21H29N3O3. The van der Waals surface area contributed by atoms with Gasteiger partial charge in [0.25, 0.3) is 5.91 Å². The lowest BCUT2D eigenvalue weighted by molar-refractivity contribution is -0.125. The topological polar surface area (TPSA) is 78.5 Å². The monoisotopic (exact) mass is 371 g/mol. The second kappa shape index (κ2) is 8.11. The first-order valence-electron chi connectivity index (χ1n) is 9.85. The molecule has 1 saturated heterocycles. The Kier molecular flexibility index (Phi) is 5.82. The average Bonchev–Trinajstić information content (AvgIpc) is 3.38. The second-order valence-corrected chi connectivity index (χ2v) is 8.14. The van der Waals surface area contributed by atoms with Crippen molar-refractivity contribution in [2.45, 2.75) is 46.1 Å². The van der Waals surface area contributed by atoms with Gasteiger partial charge in [0.1, 0.15) is 0 Å². The zero-order valence-electron chi connectivity index (χ0n) is 16.3. The molecule has 1 aliphatic carbocycles. The van der Waals surface area contributed by atoms with Crippen LogP contribution < -0.4 is 10.6 Å². The summed E-state index contributed by atoms with van der Waals surface area (Å²) in [5.74, 6) is 0.465. The third kappa shape index (κ3) is 4.87. The normalized spacial score (nSPS) is 24.4. The highest BCUT2D eigenvalue weighted by Gasteiger charge is 2.39. The van der Waals surface area contributed by atoms with E-state index in [1.54, 1.807) is 23.1 Å². The summed E-state index contributed by atoms with van der Waals surface area (Å²) in [5.41, 5.74) is 1.22. The van der Waals surface area contributed by atoms with Gasteiger partial charge in [-0.1, -0.05) is 26.8 Å². The molecule has 6 heteroatoms. The van der Waals surface area contributed by atoms with Gasteiger partial charge in [-0.2, -0.15) is 0 Å². The predicted molar refractivity (Wildman–Crippen MR) is 104 cm³/mol. The third-order valence-electron chi connectivity index (χ3n) is 5.40. The van der Waals surface area contributed by atoms with Crippen molar-refractivity contribution in [3.8, 4) is 0 Å². The van der Waals surface area contributed by atoms with Gasteiger partial charge in [-0.05, 0) is 43.4 Å². The van der Waals surface area contributed by atoms with Gasteiger partial charge >= 0.3 is 0 Å². The SMILES string of the molecule is CC(C)C(=O)NC1CCCN(C(=O)c2cccc(NC(=O)C3CC3C)c2)C1. The van der Waals surface area contributed by atoms with Crippen LogP contribution in [-0.4, -0.2) is 41.8 Å². The van der Waals surface area contributed by atoms with Crippen LogP contribution in [0.2, 0.25) is 0 Å². The maximum Gasteiger partial charge on any atom is 0.253 e. The number of piperidine rings is 1. The maximum absolute atomic E-state index is 12.9. The van der Waals surface area contributed by atoms with Crippen LogP contribution in [0.1, 0.15) is 50.4 Å². The van der Waals surface area contributed by atoms with E-state index in [2.05, 4.69) is 17.6 Å². The van der Waals surface area contributed by atoms with Crippen molar-refractivity contribution in [2.24, 2.45) is 17.8 Å². The van der Waals surface area contributed by atoms with Crippen molar-refractivity contribution in [1.82, 2.24) is 10.2 Å². The van der Waals surface area contributed by atoms with Crippen LogP contribution in [0.25, 0.3) is 0 Å². The van der Waals surface area contributed by atoms with Crippen LogP contribution in [0.5, 0.6) is 0 Å². The van der Waals surface area contributed by atoms with Gasteiger partial charge < -0.3 is 15.5 Å². The van der Waals surface area contributed by atoms with Crippen LogP contribution in [0, 0.1) is 17.8 Å². The van der Waals surface area contributed by atoms with E-state index in [9.17, 15) is 14.4 Å². The molecule has 0 spiro atoms. The van der Waals surface area contributed by atoms with E-state index in [0.717, 1.165) is 19.3 Å². The zero-order chi connectivity index (χ0) is 19.6. The summed E-state index contributed by atoms with van der Waals surface area (Å²) >= 11 is 0. The number of rotatable bonds is 5. The van der Waals surface area contributed by atoms with Crippen molar-refractivity contribution in [1.29, 1.82) is 0 Å². The highest BCUT2D eigenvalue weighted by Crippen LogP contribution is 2.38. The van der Waals surface area contributed by atoms with Crippen molar-refractivity contribution >= 4 is 23.4 Å². The molecule has 146 valence electrons. The Balaban J connectivity index is 1.62. The summed E-state index contributed by atoms with van der Waals surface area (Å²) in [6, 6.07) is 7.11. The molecule has 6 nitrogen and oxygen atoms in total. The summed E-state index contributed by atoms with van der Waals surface area (Å²) in [6.07, 6.45) is 2.68. The standard InChI is InChI=1S/C21H29N3O3/c1-13(2)19(25)23-17-8-5-9-24(12-17)21(27)15-6-4-7-16(11-15)22-20(26)18-10-14(18)3/h4,6-7,11,13-14,17-18H,5,8-10,12H2,1-3H3,(H,22,26)(H,23,25). The van der Waals surface area contributed by atoms with Crippen LogP contribution >= 0.6 is 0 Å².